The van der Waals surface area contributed by atoms with E-state index in [1.54, 1.807) is 12.1 Å². The molecule has 0 bridgehead atoms. The van der Waals surface area contributed by atoms with E-state index in [1.165, 1.54) is 6.07 Å². The number of ether oxygens (including phenoxy) is 1. The molecule has 5 heteroatoms. The number of aryl methyl sites for hydroxylation is 1. The Kier molecular flexibility index (Phi) is 4.15. The fourth-order valence-corrected chi connectivity index (χ4v) is 2.01. The van der Waals surface area contributed by atoms with Gasteiger partial charge in [0.05, 0.1) is 5.69 Å². The first-order valence-corrected chi connectivity index (χ1v) is 6.42. The highest BCUT2D eigenvalue weighted by Crippen LogP contribution is 2.25. The van der Waals surface area contributed by atoms with Crippen molar-refractivity contribution in [3.8, 4) is 5.75 Å². The normalized spacial score (nSPS) is 10.3. The van der Waals surface area contributed by atoms with Gasteiger partial charge in [-0.1, -0.05) is 23.7 Å². The van der Waals surface area contributed by atoms with Crippen LogP contribution in [-0.4, -0.2) is 5.91 Å². The van der Waals surface area contributed by atoms with Gasteiger partial charge >= 0.3 is 0 Å². The van der Waals surface area contributed by atoms with E-state index >= 15 is 0 Å². The standard InChI is InChI=1S/C15H15ClN2O2/c1-9-2-5-14(13(17)6-9)20-8-11-4-3-10(15(18)19)7-12(11)16/h2-7H,8,17H2,1H3,(H2,18,19). The van der Waals surface area contributed by atoms with Crippen molar-refractivity contribution in [1.29, 1.82) is 0 Å². The number of hydrogen-bond acceptors (Lipinski definition) is 3. The molecule has 0 atom stereocenters. The third-order valence-electron chi connectivity index (χ3n) is 2.89. The van der Waals surface area contributed by atoms with Gasteiger partial charge in [-0.05, 0) is 36.8 Å². The molecular weight excluding hydrogens is 276 g/mol. The Morgan fingerprint density at radius 3 is 2.60 bits per heavy atom. The van der Waals surface area contributed by atoms with Crippen LogP contribution in [0.15, 0.2) is 36.4 Å². The summed E-state index contributed by atoms with van der Waals surface area (Å²) in [6.07, 6.45) is 0. The third-order valence-corrected chi connectivity index (χ3v) is 3.24. The Labute approximate surface area is 122 Å². The number of nitrogens with two attached hydrogens (primary N) is 2. The molecule has 0 aromatic heterocycles. The zero-order valence-corrected chi connectivity index (χ0v) is 11.8. The van der Waals surface area contributed by atoms with Crippen LogP contribution in [-0.2, 0) is 6.61 Å². The maximum atomic E-state index is 11.0. The minimum absolute atomic E-state index is 0.269. The zero-order valence-electron chi connectivity index (χ0n) is 11.0. The highest BCUT2D eigenvalue weighted by atomic mass is 35.5. The minimum Gasteiger partial charge on any atom is -0.487 e. The lowest BCUT2D eigenvalue weighted by molar-refractivity contribution is 0.1000. The van der Waals surface area contributed by atoms with E-state index in [2.05, 4.69) is 0 Å². The van der Waals surface area contributed by atoms with Gasteiger partial charge in [0, 0.05) is 16.1 Å². The van der Waals surface area contributed by atoms with Gasteiger partial charge in [-0.2, -0.15) is 0 Å². The summed E-state index contributed by atoms with van der Waals surface area (Å²) < 4.78 is 5.63. The molecule has 2 rings (SSSR count). The maximum absolute atomic E-state index is 11.0. The van der Waals surface area contributed by atoms with Crippen molar-refractivity contribution < 1.29 is 9.53 Å². The second-order valence-electron chi connectivity index (χ2n) is 4.50. The summed E-state index contributed by atoms with van der Waals surface area (Å²) in [5.74, 6) is 0.0905. The van der Waals surface area contributed by atoms with Gasteiger partial charge < -0.3 is 16.2 Å². The number of carbonyl (C=O) groups excluding carboxylic acids is 1. The van der Waals surface area contributed by atoms with Crippen LogP contribution in [0.4, 0.5) is 5.69 Å². The molecule has 104 valence electrons. The topological polar surface area (TPSA) is 78.3 Å². The summed E-state index contributed by atoms with van der Waals surface area (Å²) in [6, 6.07) is 10.4. The quantitative estimate of drug-likeness (QED) is 0.850. The van der Waals surface area contributed by atoms with Crippen LogP contribution in [0, 0.1) is 6.92 Å². The van der Waals surface area contributed by atoms with E-state index in [4.69, 9.17) is 27.8 Å². The molecule has 0 saturated heterocycles. The lowest BCUT2D eigenvalue weighted by Crippen LogP contribution is -2.11. The van der Waals surface area contributed by atoms with Crippen LogP contribution < -0.4 is 16.2 Å². The summed E-state index contributed by atoms with van der Waals surface area (Å²) in [5, 5.41) is 0.437. The molecule has 0 radical (unpaired) electrons. The van der Waals surface area contributed by atoms with Crippen LogP contribution in [0.3, 0.4) is 0 Å². The molecule has 2 aromatic rings. The number of hydrogen-bond donors (Lipinski definition) is 2. The van der Waals surface area contributed by atoms with E-state index in [1.807, 2.05) is 25.1 Å². The van der Waals surface area contributed by atoms with Gasteiger partial charge in [0.15, 0.2) is 0 Å². The fraction of sp³-hybridized carbons (Fsp3) is 0.133. The number of benzene rings is 2. The molecule has 0 aliphatic heterocycles. The Bertz CT molecular complexity index is 656. The van der Waals surface area contributed by atoms with Crippen LogP contribution in [0.25, 0.3) is 0 Å². The Hall–Kier alpha value is -2.20. The summed E-state index contributed by atoms with van der Waals surface area (Å²) in [6.45, 7) is 2.23. The largest absolute Gasteiger partial charge is 0.487 e. The Balaban J connectivity index is 2.13. The molecule has 0 aliphatic carbocycles. The number of amides is 1. The van der Waals surface area contributed by atoms with Crippen molar-refractivity contribution in [3.05, 3.63) is 58.1 Å². The predicted molar refractivity (Wildman–Crippen MR) is 79.9 cm³/mol. The first-order chi connectivity index (χ1) is 9.47. The summed E-state index contributed by atoms with van der Waals surface area (Å²) in [5.41, 5.74) is 13.8. The lowest BCUT2D eigenvalue weighted by atomic mass is 10.1. The average molecular weight is 291 g/mol. The summed E-state index contributed by atoms with van der Waals surface area (Å²) in [4.78, 5) is 11.0. The number of halogens is 1. The maximum Gasteiger partial charge on any atom is 0.248 e. The predicted octanol–water partition coefficient (Wildman–Crippen LogP) is 2.91. The van der Waals surface area contributed by atoms with E-state index < -0.39 is 5.91 Å². The van der Waals surface area contributed by atoms with Gasteiger partial charge in [0.25, 0.3) is 0 Å². The molecule has 0 unspecified atom stereocenters. The molecule has 0 aliphatic rings. The summed E-state index contributed by atoms with van der Waals surface area (Å²) in [7, 11) is 0. The lowest BCUT2D eigenvalue weighted by Gasteiger charge is -2.11. The van der Waals surface area contributed by atoms with Gasteiger partial charge in [0.2, 0.25) is 5.91 Å². The molecule has 4 N–H and O–H groups in total. The Morgan fingerprint density at radius 1 is 1.25 bits per heavy atom. The van der Waals surface area contributed by atoms with Crippen LogP contribution in [0.5, 0.6) is 5.75 Å². The van der Waals surface area contributed by atoms with Crippen molar-refractivity contribution in [3.63, 3.8) is 0 Å². The second kappa shape index (κ2) is 5.84. The number of anilines is 1. The Morgan fingerprint density at radius 2 is 2.00 bits per heavy atom. The molecule has 0 fully saturated rings. The smallest absolute Gasteiger partial charge is 0.248 e. The molecule has 20 heavy (non-hydrogen) atoms. The first kappa shape index (κ1) is 14.2. The molecule has 0 heterocycles. The van der Waals surface area contributed by atoms with Crippen molar-refractivity contribution >= 4 is 23.2 Å². The van der Waals surface area contributed by atoms with Gasteiger partial charge in [0.1, 0.15) is 12.4 Å². The molecule has 0 spiro atoms. The monoisotopic (exact) mass is 290 g/mol. The van der Waals surface area contributed by atoms with Gasteiger partial charge in [-0.25, -0.2) is 0 Å². The van der Waals surface area contributed by atoms with E-state index in [0.29, 0.717) is 22.0 Å². The minimum atomic E-state index is -0.512. The van der Waals surface area contributed by atoms with Gasteiger partial charge in [-0.15, -0.1) is 0 Å². The first-order valence-electron chi connectivity index (χ1n) is 6.04. The molecule has 4 nitrogen and oxygen atoms in total. The number of nitrogen functional groups attached to an aromatic ring is 1. The van der Waals surface area contributed by atoms with Crippen LogP contribution in [0.1, 0.15) is 21.5 Å². The SMILES string of the molecule is Cc1ccc(OCc2ccc(C(N)=O)cc2Cl)c(N)c1. The van der Waals surface area contributed by atoms with Crippen molar-refractivity contribution in [2.75, 3.05) is 5.73 Å². The van der Waals surface area contributed by atoms with E-state index in [9.17, 15) is 4.79 Å². The number of primary amides is 1. The van der Waals surface area contributed by atoms with E-state index in [-0.39, 0.29) is 6.61 Å². The summed E-state index contributed by atoms with van der Waals surface area (Å²) >= 11 is 6.09. The fourth-order valence-electron chi connectivity index (χ4n) is 1.77. The molecule has 0 saturated carbocycles. The zero-order chi connectivity index (χ0) is 14.7. The number of carbonyl (C=O) groups is 1. The van der Waals surface area contributed by atoms with E-state index in [0.717, 1.165) is 11.1 Å². The third kappa shape index (κ3) is 3.22. The molecule has 2 aromatic carbocycles. The van der Waals surface area contributed by atoms with Crippen molar-refractivity contribution in [1.82, 2.24) is 0 Å². The van der Waals surface area contributed by atoms with Crippen LogP contribution in [0.2, 0.25) is 5.02 Å². The number of rotatable bonds is 4. The second-order valence-corrected chi connectivity index (χ2v) is 4.91. The van der Waals surface area contributed by atoms with Crippen LogP contribution >= 0.6 is 11.6 Å². The van der Waals surface area contributed by atoms with Crippen molar-refractivity contribution in [2.45, 2.75) is 13.5 Å². The highest BCUT2D eigenvalue weighted by molar-refractivity contribution is 6.31. The van der Waals surface area contributed by atoms with Gasteiger partial charge in [-0.3, -0.25) is 4.79 Å². The highest BCUT2D eigenvalue weighted by Gasteiger charge is 2.07. The van der Waals surface area contributed by atoms with Crippen molar-refractivity contribution in [2.24, 2.45) is 5.73 Å². The molecule has 1 amide bonds. The molecular formula is C15H15ClN2O2. The average Bonchev–Trinajstić information content (AvgIpc) is 2.38.